The molecule has 6 N–H and O–H groups in total. The van der Waals surface area contributed by atoms with Crippen molar-refractivity contribution in [2.24, 2.45) is 17.2 Å². The molecule has 0 saturated heterocycles. The average Bonchev–Trinajstić information content (AvgIpc) is 1.59. The van der Waals surface area contributed by atoms with Gasteiger partial charge in [-0.15, -0.1) is 34.0 Å². The highest BCUT2D eigenvalue weighted by Crippen LogP contribution is 2.13. The molecule has 70 valence electrons. The van der Waals surface area contributed by atoms with Crippen molar-refractivity contribution in [3.63, 3.8) is 0 Å². The largest absolute Gasteiger partial charge is 0.328 e. The smallest absolute Gasteiger partial charge is 0.00683 e. The Bertz CT molecular complexity index is 76.8. The molecule has 1 aliphatic carbocycles. The SMILES string of the molecule is Br.Br.NC1CC(N)CC(N)C1. The van der Waals surface area contributed by atoms with Crippen LogP contribution in [0.1, 0.15) is 19.3 Å². The van der Waals surface area contributed by atoms with Crippen LogP contribution in [0.5, 0.6) is 0 Å². The van der Waals surface area contributed by atoms with Gasteiger partial charge in [-0.3, -0.25) is 0 Å². The first-order valence-electron chi connectivity index (χ1n) is 3.45. The summed E-state index contributed by atoms with van der Waals surface area (Å²) in [6, 6.07) is 0.719. The Hall–Kier alpha value is 0.840. The van der Waals surface area contributed by atoms with Crippen LogP contribution in [0.4, 0.5) is 0 Å². The molecule has 1 fully saturated rings. The lowest BCUT2D eigenvalue weighted by Crippen LogP contribution is -2.45. The van der Waals surface area contributed by atoms with E-state index in [1.165, 1.54) is 0 Å². The van der Waals surface area contributed by atoms with Crippen molar-refractivity contribution >= 4 is 34.0 Å². The van der Waals surface area contributed by atoms with E-state index in [0.717, 1.165) is 19.3 Å². The molecule has 1 rings (SSSR count). The molecule has 1 aliphatic rings. The summed E-state index contributed by atoms with van der Waals surface area (Å²) >= 11 is 0. The Labute approximate surface area is 88.6 Å². The molecular formula is C6H17Br2N3. The minimum absolute atomic E-state index is 0. The number of nitrogens with two attached hydrogens (primary N) is 3. The summed E-state index contributed by atoms with van der Waals surface area (Å²) in [5.41, 5.74) is 17.0. The van der Waals surface area contributed by atoms with E-state index >= 15 is 0 Å². The predicted molar refractivity (Wildman–Crippen MR) is 58.4 cm³/mol. The van der Waals surface area contributed by atoms with Gasteiger partial charge in [0.1, 0.15) is 0 Å². The van der Waals surface area contributed by atoms with Gasteiger partial charge in [0.2, 0.25) is 0 Å². The van der Waals surface area contributed by atoms with Crippen LogP contribution in [0.2, 0.25) is 0 Å². The average molecular weight is 291 g/mol. The Kier molecular flexibility index (Phi) is 8.32. The molecule has 1 saturated carbocycles. The van der Waals surface area contributed by atoms with Crippen LogP contribution in [0.15, 0.2) is 0 Å². The number of rotatable bonds is 0. The van der Waals surface area contributed by atoms with Gasteiger partial charge in [-0.2, -0.15) is 0 Å². The van der Waals surface area contributed by atoms with Gasteiger partial charge in [-0.05, 0) is 19.3 Å². The highest BCUT2D eigenvalue weighted by atomic mass is 79.9. The number of hydrogen-bond donors (Lipinski definition) is 3. The molecule has 0 aromatic heterocycles. The summed E-state index contributed by atoms with van der Waals surface area (Å²) in [6.07, 6.45) is 2.81. The molecule has 0 unspecified atom stereocenters. The van der Waals surface area contributed by atoms with E-state index in [4.69, 9.17) is 17.2 Å². The van der Waals surface area contributed by atoms with Gasteiger partial charge in [0, 0.05) is 18.1 Å². The minimum Gasteiger partial charge on any atom is -0.328 e. The van der Waals surface area contributed by atoms with Crippen LogP contribution >= 0.6 is 34.0 Å². The van der Waals surface area contributed by atoms with Crippen molar-refractivity contribution < 1.29 is 0 Å². The highest BCUT2D eigenvalue weighted by molar-refractivity contribution is 8.93. The van der Waals surface area contributed by atoms with E-state index in [1.54, 1.807) is 0 Å². The van der Waals surface area contributed by atoms with Crippen LogP contribution in [0.25, 0.3) is 0 Å². The predicted octanol–water partition coefficient (Wildman–Crippen LogP) is 0.308. The zero-order valence-electron chi connectivity index (χ0n) is 6.40. The number of halogens is 2. The van der Waals surface area contributed by atoms with E-state index in [2.05, 4.69) is 0 Å². The molecular weight excluding hydrogens is 274 g/mol. The molecule has 0 amide bonds. The highest BCUT2D eigenvalue weighted by Gasteiger charge is 2.21. The summed E-state index contributed by atoms with van der Waals surface area (Å²) in [7, 11) is 0. The van der Waals surface area contributed by atoms with E-state index in [-0.39, 0.29) is 52.1 Å². The van der Waals surface area contributed by atoms with Crippen molar-refractivity contribution in [2.45, 2.75) is 37.4 Å². The van der Waals surface area contributed by atoms with Crippen molar-refractivity contribution in [3.8, 4) is 0 Å². The van der Waals surface area contributed by atoms with E-state index in [1.807, 2.05) is 0 Å². The zero-order valence-corrected chi connectivity index (χ0v) is 9.83. The summed E-state index contributed by atoms with van der Waals surface area (Å²) in [4.78, 5) is 0. The molecule has 0 atom stereocenters. The third kappa shape index (κ3) is 5.14. The van der Waals surface area contributed by atoms with Gasteiger partial charge in [0.25, 0.3) is 0 Å². The normalized spacial score (nSPS) is 36.8. The first-order valence-corrected chi connectivity index (χ1v) is 3.45. The van der Waals surface area contributed by atoms with Gasteiger partial charge >= 0.3 is 0 Å². The first-order chi connectivity index (χ1) is 4.18. The van der Waals surface area contributed by atoms with Crippen LogP contribution in [0, 0.1) is 0 Å². The molecule has 0 radical (unpaired) electrons. The molecule has 0 heterocycles. The molecule has 5 heteroatoms. The summed E-state index contributed by atoms with van der Waals surface area (Å²) in [5, 5.41) is 0. The fourth-order valence-electron chi connectivity index (χ4n) is 1.46. The van der Waals surface area contributed by atoms with Crippen LogP contribution in [-0.2, 0) is 0 Å². The molecule has 11 heavy (non-hydrogen) atoms. The van der Waals surface area contributed by atoms with Gasteiger partial charge in [-0.1, -0.05) is 0 Å². The van der Waals surface area contributed by atoms with Gasteiger partial charge in [0.05, 0.1) is 0 Å². The van der Waals surface area contributed by atoms with E-state index < -0.39 is 0 Å². The van der Waals surface area contributed by atoms with Crippen LogP contribution in [0.3, 0.4) is 0 Å². The Balaban J connectivity index is 0. The molecule has 3 nitrogen and oxygen atoms in total. The number of hydrogen-bond acceptors (Lipinski definition) is 3. The van der Waals surface area contributed by atoms with Crippen LogP contribution < -0.4 is 17.2 Å². The topological polar surface area (TPSA) is 78.1 Å². The second-order valence-corrected chi connectivity index (χ2v) is 2.99. The van der Waals surface area contributed by atoms with Gasteiger partial charge in [-0.25, -0.2) is 0 Å². The third-order valence-corrected chi connectivity index (χ3v) is 1.82. The maximum atomic E-state index is 5.66. The zero-order chi connectivity index (χ0) is 6.85. The van der Waals surface area contributed by atoms with Crippen molar-refractivity contribution in [1.29, 1.82) is 0 Å². The second-order valence-electron chi connectivity index (χ2n) is 2.99. The van der Waals surface area contributed by atoms with E-state index in [0.29, 0.717) is 0 Å². The van der Waals surface area contributed by atoms with Crippen molar-refractivity contribution in [1.82, 2.24) is 0 Å². The molecule has 0 aromatic rings. The van der Waals surface area contributed by atoms with Crippen molar-refractivity contribution in [2.75, 3.05) is 0 Å². The van der Waals surface area contributed by atoms with Crippen LogP contribution in [-0.4, -0.2) is 18.1 Å². The molecule has 0 aromatic carbocycles. The van der Waals surface area contributed by atoms with Gasteiger partial charge in [0.15, 0.2) is 0 Å². The second kappa shape index (κ2) is 6.37. The third-order valence-electron chi connectivity index (χ3n) is 1.82. The molecule has 0 bridgehead atoms. The fourth-order valence-corrected chi connectivity index (χ4v) is 1.46. The monoisotopic (exact) mass is 289 g/mol. The summed E-state index contributed by atoms with van der Waals surface area (Å²) in [5.74, 6) is 0. The Morgan fingerprint density at radius 1 is 0.636 bits per heavy atom. The molecule has 0 spiro atoms. The van der Waals surface area contributed by atoms with E-state index in [9.17, 15) is 0 Å². The van der Waals surface area contributed by atoms with Gasteiger partial charge < -0.3 is 17.2 Å². The lowest BCUT2D eigenvalue weighted by molar-refractivity contribution is 0.352. The Morgan fingerprint density at radius 2 is 0.818 bits per heavy atom. The first kappa shape index (κ1) is 14.4. The lowest BCUT2D eigenvalue weighted by atomic mass is 9.89. The maximum absolute atomic E-state index is 5.66. The lowest BCUT2D eigenvalue weighted by Gasteiger charge is -2.28. The standard InChI is InChI=1S/C6H15N3.2BrH/c7-4-1-5(8)3-6(9)2-4;;/h4-6H,1-3,7-9H2;2*1H. The Morgan fingerprint density at radius 3 is 1.00 bits per heavy atom. The summed E-state index contributed by atoms with van der Waals surface area (Å²) in [6.45, 7) is 0. The quantitative estimate of drug-likeness (QED) is 0.601. The van der Waals surface area contributed by atoms with Crippen molar-refractivity contribution in [3.05, 3.63) is 0 Å². The molecule has 0 aliphatic heterocycles. The minimum atomic E-state index is 0. The maximum Gasteiger partial charge on any atom is 0.00683 e. The fraction of sp³-hybridized carbons (Fsp3) is 1.00. The summed E-state index contributed by atoms with van der Waals surface area (Å²) < 4.78 is 0.